The number of fused-ring (bicyclic) bond motifs is 1. The second-order valence-electron chi connectivity index (χ2n) is 5.19. The fourth-order valence-corrected chi connectivity index (χ4v) is 2.91. The molecular weight excluding hydrogens is 266 g/mol. The van der Waals surface area contributed by atoms with Gasteiger partial charge in [-0.2, -0.15) is 0 Å². The van der Waals surface area contributed by atoms with E-state index in [9.17, 15) is 0 Å². The van der Waals surface area contributed by atoms with E-state index in [0.717, 1.165) is 38.3 Å². The average Bonchev–Trinajstić information content (AvgIpc) is 2.47. The summed E-state index contributed by atoms with van der Waals surface area (Å²) in [6.45, 7) is 6.20. The van der Waals surface area contributed by atoms with E-state index in [4.69, 9.17) is 16.6 Å². The molecule has 0 aliphatic heterocycles. The molecule has 2 heteroatoms. The van der Waals surface area contributed by atoms with Crippen LogP contribution in [0, 0.1) is 20.8 Å². The van der Waals surface area contributed by atoms with Crippen molar-refractivity contribution < 1.29 is 0 Å². The topological polar surface area (TPSA) is 12.9 Å². The van der Waals surface area contributed by atoms with Gasteiger partial charge in [-0.3, -0.25) is 0 Å². The first-order chi connectivity index (χ1) is 9.59. The lowest BCUT2D eigenvalue weighted by molar-refractivity contribution is 1.30. The number of hydrogen-bond donors (Lipinski definition) is 0. The number of nitrogens with zero attached hydrogens (tertiary/aromatic N) is 1. The van der Waals surface area contributed by atoms with Crippen LogP contribution in [-0.4, -0.2) is 4.98 Å². The van der Waals surface area contributed by atoms with Crippen molar-refractivity contribution in [3.05, 3.63) is 64.2 Å². The van der Waals surface area contributed by atoms with E-state index >= 15 is 0 Å². The minimum atomic E-state index is 0.815. The minimum Gasteiger partial charge on any atom is -0.247 e. The Kier molecular flexibility index (Phi) is 3.23. The molecule has 0 atom stereocenters. The predicted molar refractivity (Wildman–Crippen MR) is 86.4 cm³/mol. The number of benzene rings is 2. The van der Waals surface area contributed by atoms with Crippen LogP contribution in [0.3, 0.4) is 0 Å². The first-order valence-corrected chi connectivity index (χ1v) is 7.09. The average molecular weight is 282 g/mol. The normalized spacial score (nSPS) is 11.0. The summed E-state index contributed by atoms with van der Waals surface area (Å²) in [6, 6.07) is 14.4. The molecule has 1 heterocycles. The molecule has 0 spiro atoms. The van der Waals surface area contributed by atoms with E-state index in [1.807, 2.05) is 25.1 Å². The molecule has 0 radical (unpaired) electrons. The molecule has 1 nitrogen and oxygen atoms in total. The minimum absolute atomic E-state index is 0.815. The van der Waals surface area contributed by atoms with Gasteiger partial charge in [-0.05, 0) is 37.5 Å². The van der Waals surface area contributed by atoms with Crippen LogP contribution in [0.2, 0.25) is 5.02 Å². The smallest absolute Gasteiger partial charge is 0.0756 e. The zero-order valence-corrected chi connectivity index (χ0v) is 12.6. The lowest BCUT2D eigenvalue weighted by atomic mass is 10.00. The molecule has 3 aromatic rings. The molecule has 20 heavy (non-hydrogen) atoms. The number of hydrogen-bond acceptors (Lipinski definition) is 1. The Hall–Kier alpha value is -1.86. The molecule has 1 aromatic heterocycles. The molecule has 0 N–H and O–H groups in total. The molecule has 0 fully saturated rings. The van der Waals surface area contributed by atoms with Crippen LogP contribution in [0.15, 0.2) is 42.5 Å². The number of rotatable bonds is 1. The predicted octanol–water partition coefficient (Wildman–Crippen LogP) is 5.48. The van der Waals surface area contributed by atoms with Crippen molar-refractivity contribution in [1.29, 1.82) is 0 Å². The third-order valence-electron chi connectivity index (χ3n) is 3.76. The molecule has 0 amide bonds. The first kappa shape index (κ1) is 13.1. The van der Waals surface area contributed by atoms with Crippen LogP contribution in [0.25, 0.3) is 22.2 Å². The summed E-state index contributed by atoms with van der Waals surface area (Å²) < 4.78 is 0. The summed E-state index contributed by atoms with van der Waals surface area (Å²) in [7, 11) is 0. The van der Waals surface area contributed by atoms with Gasteiger partial charge in [-0.15, -0.1) is 0 Å². The Morgan fingerprint density at radius 3 is 2.20 bits per heavy atom. The molecule has 3 rings (SSSR count). The number of halogens is 1. The Morgan fingerprint density at radius 1 is 0.850 bits per heavy atom. The van der Waals surface area contributed by atoms with E-state index in [0.29, 0.717) is 0 Å². The summed E-state index contributed by atoms with van der Waals surface area (Å²) >= 11 is 6.62. The highest BCUT2D eigenvalue weighted by atomic mass is 35.5. The first-order valence-electron chi connectivity index (χ1n) is 6.71. The van der Waals surface area contributed by atoms with Crippen LogP contribution in [0.1, 0.15) is 16.7 Å². The fraction of sp³-hybridized carbons (Fsp3) is 0.167. The van der Waals surface area contributed by atoms with Gasteiger partial charge in [0.2, 0.25) is 0 Å². The SMILES string of the molecule is Cc1c(-c2ccccc2)nc2c(C)ccc(C)c2c1Cl. The lowest BCUT2D eigenvalue weighted by Crippen LogP contribution is -1.95. The molecule has 0 unspecified atom stereocenters. The monoisotopic (exact) mass is 281 g/mol. The van der Waals surface area contributed by atoms with Gasteiger partial charge in [-0.25, -0.2) is 4.98 Å². The molecule has 2 aromatic carbocycles. The molecule has 0 bridgehead atoms. The summed E-state index contributed by atoms with van der Waals surface area (Å²) in [6.07, 6.45) is 0. The molecule has 0 aliphatic carbocycles. The van der Waals surface area contributed by atoms with Crippen molar-refractivity contribution in [3.63, 3.8) is 0 Å². The fourth-order valence-electron chi connectivity index (χ4n) is 2.58. The van der Waals surface area contributed by atoms with Gasteiger partial charge in [0.05, 0.1) is 16.2 Å². The Bertz CT molecular complexity index is 792. The molecule has 0 aliphatic rings. The van der Waals surface area contributed by atoms with Crippen molar-refractivity contribution in [3.8, 4) is 11.3 Å². The highest BCUT2D eigenvalue weighted by Crippen LogP contribution is 2.35. The number of aryl methyl sites for hydroxylation is 2. The molecular formula is C18H16ClN. The van der Waals surface area contributed by atoms with Crippen molar-refractivity contribution in [2.75, 3.05) is 0 Å². The van der Waals surface area contributed by atoms with E-state index in [2.05, 4.69) is 38.1 Å². The molecule has 0 saturated carbocycles. The van der Waals surface area contributed by atoms with E-state index in [-0.39, 0.29) is 0 Å². The maximum Gasteiger partial charge on any atom is 0.0756 e. The van der Waals surface area contributed by atoms with E-state index in [1.165, 1.54) is 5.56 Å². The highest BCUT2D eigenvalue weighted by molar-refractivity contribution is 6.36. The largest absolute Gasteiger partial charge is 0.247 e. The standard InChI is InChI=1S/C18H16ClN/c1-11-9-10-12(2)17-15(11)16(19)13(3)18(20-17)14-7-5-4-6-8-14/h4-10H,1-3H3. The Morgan fingerprint density at radius 2 is 1.50 bits per heavy atom. The van der Waals surface area contributed by atoms with Gasteiger partial charge >= 0.3 is 0 Å². The summed E-state index contributed by atoms with van der Waals surface area (Å²) in [5.41, 5.74) is 6.44. The maximum absolute atomic E-state index is 6.62. The summed E-state index contributed by atoms with van der Waals surface area (Å²) in [4.78, 5) is 4.88. The van der Waals surface area contributed by atoms with Crippen LogP contribution < -0.4 is 0 Å². The Balaban J connectivity index is 2.42. The molecule has 100 valence electrons. The van der Waals surface area contributed by atoms with Crippen LogP contribution in [0.4, 0.5) is 0 Å². The number of pyridine rings is 1. The van der Waals surface area contributed by atoms with Gasteiger partial charge < -0.3 is 0 Å². The Labute approximate surface area is 124 Å². The zero-order chi connectivity index (χ0) is 14.3. The van der Waals surface area contributed by atoms with E-state index in [1.54, 1.807) is 0 Å². The quantitative estimate of drug-likeness (QED) is 0.575. The van der Waals surface area contributed by atoms with Gasteiger partial charge in [0.25, 0.3) is 0 Å². The van der Waals surface area contributed by atoms with E-state index < -0.39 is 0 Å². The van der Waals surface area contributed by atoms with Gasteiger partial charge in [-0.1, -0.05) is 54.1 Å². The van der Waals surface area contributed by atoms with Crippen molar-refractivity contribution >= 4 is 22.5 Å². The summed E-state index contributed by atoms with van der Waals surface area (Å²) in [5, 5.41) is 1.89. The zero-order valence-electron chi connectivity index (χ0n) is 11.9. The van der Waals surface area contributed by atoms with Gasteiger partial charge in [0.1, 0.15) is 0 Å². The van der Waals surface area contributed by atoms with Gasteiger partial charge in [0, 0.05) is 10.9 Å². The molecule has 0 saturated heterocycles. The summed E-state index contributed by atoms with van der Waals surface area (Å²) in [5.74, 6) is 0. The van der Waals surface area contributed by atoms with Crippen molar-refractivity contribution in [1.82, 2.24) is 4.98 Å². The third-order valence-corrected chi connectivity index (χ3v) is 4.24. The maximum atomic E-state index is 6.62. The van der Waals surface area contributed by atoms with Crippen LogP contribution in [-0.2, 0) is 0 Å². The second-order valence-corrected chi connectivity index (χ2v) is 5.57. The van der Waals surface area contributed by atoms with Crippen LogP contribution in [0.5, 0.6) is 0 Å². The van der Waals surface area contributed by atoms with Crippen molar-refractivity contribution in [2.24, 2.45) is 0 Å². The van der Waals surface area contributed by atoms with Crippen molar-refractivity contribution in [2.45, 2.75) is 20.8 Å². The van der Waals surface area contributed by atoms with Crippen LogP contribution >= 0.6 is 11.6 Å². The van der Waals surface area contributed by atoms with Gasteiger partial charge in [0.15, 0.2) is 0 Å². The number of aromatic nitrogens is 1. The third kappa shape index (κ3) is 1.99. The lowest BCUT2D eigenvalue weighted by Gasteiger charge is -2.13. The highest BCUT2D eigenvalue weighted by Gasteiger charge is 2.14. The second kappa shape index (κ2) is 4.92.